The number of hydrogen-bond acceptors (Lipinski definition) is 2. The van der Waals surface area contributed by atoms with Crippen LogP contribution in [0.5, 0.6) is 11.5 Å². The maximum absolute atomic E-state index is 10.6. The van der Waals surface area contributed by atoms with Crippen LogP contribution in [0.25, 0.3) is 0 Å². The van der Waals surface area contributed by atoms with Crippen LogP contribution in [0.1, 0.15) is 101 Å². The first-order valence-electron chi connectivity index (χ1n) is 10.4. The van der Waals surface area contributed by atoms with Crippen molar-refractivity contribution in [3.8, 4) is 11.5 Å². The van der Waals surface area contributed by atoms with E-state index in [0.29, 0.717) is 11.5 Å². The van der Waals surface area contributed by atoms with Crippen LogP contribution in [0.15, 0.2) is 24.3 Å². The standard InChI is InChI=1S/C26H38O2/c1-10-11-20(18-12-21(25(4,5)6)16(2)23(27)14-18)19-13-22(26(7,8)9)17(3)24(28)15-19/h12-15,20,27-28H,10-11H2,1-9H3. The van der Waals surface area contributed by atoms with Gasteiger partial charge in [0.2, 0.25) is 0 Å². The van der Waals surface area contributed by atoms with Crippen LogP contribution in [-0.2, 0) is 10.8 Å². The smallest absolute Gasteiger partial charge is 0.119 e. The van der Waals surface area contributed by atoms with E-state index in [4.69, 9.17) is 0 Å². The molecule has 0 saturated heterocycles. The van der Waals surface area contributed by atoms with Crippen LogP contribution < -0.4 is 0 Å². The zero-order valence-corrected chi connectivity index (χ0v) is 19.2. The minimum absolute atomic E-state index is 0.0413. The lowest BCUT2D eigenvalue weighted by Gasteiger charge is -2.28. The second-order valence-electron chi connectivity index (χ2n) is 10.3. The Balaban J connectivity index is 2.71. The highest BCUT2D eigenvalue weighted by atomic mass is 16.3. The molecule has 0 amide bonds. The molecule has 2 N–H and O–H groups in total. The van der Waals surface area contributed by atoms with Gasteiger partial charge < -0.3 is 10.2 Å². The quantitative estimate of drug-likeness (QED) is 0.585. The summed E-state index contributed by atoms with van der Waals surface area (Å²) in [4.78, 5) is 0. The molecule has 2 rings (SSSR count). The van der Waals surface area contributed by atoms with E-state index in [1.165, 1.54) is 11.1 Å². The lowest BCUT2D eigenvalue weighted by Crippen LogP contribution is -2.16. The molecular weight excluding hydrogens is 344 g/mol. The van der Waals surface area contributed by atoms with Gasteiger partial charge >= 0.3 is 0 Å². The summed E-state index contributed by atoms with van der Waals surface area (Å²) in [6.45, 7) is 19.3. The summed E-state index contributed by atoms with van der Waals surface area (Å²) >= 11 is 0. The molecule has 0 aliphatic rings. The van der Waals surface area contributed by atoms with Gasteiger partial charge in [-0.2, -0.15) is 0 Å². The molecule has 0 unspecified atom stereocenters. The Kier molecular flexibility index (Phi) is 6.23. The van der Waals surface area contributed by atoms with Gasteiger partial charge in [0.25, 0.3) is 0 Å². The molecule has 2 heteroatoms. The van der Waals surface area contributed by atoms with Crippen LogP contribution >= 0.6 is 0 Å². The summed E-state index contributed by atoms with van der Waals surface area (Å²) in [5.74, 6) is 0.858. The van der Waals surface area contributed by atoms with Crippen molar-refractivity contribution in [1.82, 2.24) is 0 Å². The van der Waals surface area contributed by atoms with Gasteiger partial charge in [-0.1, -0.05) is 67.0 Å². The predicted octanol–water partition coefficient (Wildman–Crippen LogP) is 7.24. The van der Waals surface area contributed by atoms with E-state index >= 15 is 0 Å². The third-order valence-electron chi connectivity index (χ3n) is 5.80. The number of hydrogen-bond donors (Lipinski definition) is 2. The van der Waals surface area contributed by atoms with E-state index < -0.39 is 0 Å². The van der Waals surface area contributed by atoms with E-state index in [-0.39, 0.29) is 16.7 Å². The molecule has 0 fully saturated rings. The highest BCUT2D eigenvalue weighted by Gasteiger charge is 2.25. The molecule has 0 aromatic heterocycles. The summed E-state index contributed by atoms with van der Waals surface area (Å²) in [5.41, 5.74) is 6.42. The fourth-order valence-corrected chi connectivity index (χ4v) is 4.22. The maximum atomic E-state index is 10.6. The van der Waals surface area contributed by atoms with Crippen molar-refractivity contribution in [2.24, 2.45) is 0 Å². The van der Waals surface area contributed by atoms with Gasteiger partial charge in [0.05, 0.1) is 0 Å². The zero-order chi connectivity index (χ0) is 21.4. The van der Waals surface area contributed by atoms with Crippen LogP contribution in [0.3, 0.4) is 0 Å². The second-order valence-corrected chi connectivity index (χ2v) is 10.3. The highest BCUT2D eigenvalue weighted by molar-refractivity contribution is 5.51. The molecule has 2 aromatic rings. The van der Waals surface area contributed by atoms with Gasteiger partial charge in [-0.15, -0.1) is 0 Å². The van der Waals surface area contributed by atoms with Crippen molar-refractivity contribution in [1.29, 1.82) is 0 Å². The van der Waals surface area contributed by atoms with Crippen LogP contribution in [-0.4, -0.2) is 10.2 Å². The van der Waals surface area contributed by atoms with Gasteiger partial charge in [-0.3, -0.25) is 0 Å². The second kappa shape index (κ2) is 7.81. The molecule has 0 bridgehead atoms. The summed E-state index contributed by atoms with van der Waals surface area (Å²) in [6.07, 6.45) is 2.00. The number of benzene rings is 2. The normalized spacial score (nSPS) is 12.6. The molecule has 0 spiro atoms. The molecule has 0 aliphatic carbocycles. The van der Waals surface area contributed by atoms with Crippen molar-refractivity contribution in [2.75, 3.05) is 0 Å². The van der Waals surface area contributed by atoms with Crippen LogP contribution in [0.4, 0.5) is 0 Å². The summed E-state index contributed by atoms with van der Waals surface area (Å²) in [5, 5.41) is 21.3. The Morgan fingerprint density at radius 2 is 1.07 bits per heavy atom. The van der Waals surface area contributed by atoms with Gasteiger partial charge in [0.1, 0.15) is 11.5 Å². The van der Waals surface area contributed by atoms with Gasteiger partial charge in [0.15, 0.2) is 0 Å². The average molecular weight is 383 g/mol. The Hall–Kier alpha value is -1.96. The Morgan fingerprint density at radius 3 is 1.36 bits per heavy atom. The molecule has 0 aliphatic heterocycles. The van der Waals surface area contributed by atoms with Crippen molar-refractivity contribution in [2.45, 2.75) is 91.9 Å². The molecular formula is C26H38O2. The van der Waals surface area contributed by atoms with E-state index in [9.17, 15) is 10.2 Å². The molecule has 0 heterocycles. The van der Waals surface area contributed by atoms with E-state index in [2.05, 4.69) is 60.6 Å². The zero-order valence-electron chi connectivity index (χ0n) is 19.2. The van der Waals surface area contributed by atoms with E-state index in [1.807, 2.05) is 26.0 Å². The summed E-state index contributed by atoms with van der Waals surface area (Å²) < 4.78 is 0. The monoisotopic (exact) mass is 382 g/mol. The number of aromatic hydroxyl groups is 2. The van der Waals surface area contributed by atoms with Crippen molar-refractivity contribution in [3.63, 3.8) is 0 Å². The average Bonchev–Trinajstić information content (AvgIpc) is 2.55. The number of phenolic OH excluding ortho intramolecular Hbond substituents is 2. The van der Waals surface area contributed by atoms with Crippen molar-refractivity contribution in [3.05, 3.63) is 57.6 Å². The van der Waals surface area contributed by atoms with Crippen LogP contribution in [0, 0.1) is 13.8 Å². The summed E-state index contributed by atoms with van der Waals surface area (Å²) in [6, 6.07) is 8.34. The molecule has 154 valence electrons. The van der Waals surface area contributed by atoms with Gasteiger partial charge in [0, 0.05) is 5.92 Å². The first-order valence-corrected chi connectivity index (χ1v) is 10.4. The molecule has 2 nitrogen and oxygen atoms in total. The van der Waals surface area contributed by atoms with E-state index in [0.717, 1.165) is 35.1 Å². The summed E-state index contributed by atoms with van der Waals surface area (Å²) in [7, 11) is 0. The number of rotatable bonds is 4. The molecule has 0 radical (unpaired) electrons. The fourth-order valence-electron chi connectivity index (χ4n) is 4.22. The lowest BCUT2D eigenvalue weighted by atomic mass is 9.77. The fraction of sp³-hybridized carbons (Fsp3) is 0.538. The maximum Gasteiger partial charge on any atom is 0.119 e. The molecule has 0 atom stereocenters. The first-order chi connectivity index (χ1) is 12.8. The third-order valence-corrected chi connectivity index (χ3v) is 5.80. The third kappa shape index (κ3) is 4.54. The highest BCUT2D eigenvalue weighted by Crippen LogP contribution is 2.41. The first kappa shape index (κ1) is 22.3. The topological polar surface area (TPSA) is 40.5 Å². The minimum Gasteiger partial charge on any atom is -0.508 e. The van der Waals surface area contributed by atoms with Crippen molar-refractivity contribution >= 4 is 0 Å². The molecule has 28 heavy (non-hydrogen) atoms. The minimum atomic E-state index is -0.0413. The molecule has 0 saturated carbocycles. The van der Waals surface area contributed by atoms with E-state index in [1.54, 1.807) is 0 Å². The lowest BCUT2D eigenvalue weighted by molar-refractivity contribution is 0.462. The Morgan fingerprint density at radius 1 is 0.714 bits per heavy atom. The Bertz CT molecular complexity index is 779. The number of phenols is 2. The predicted molar refractivity (Wildman–Crippen MR) is 120 cm³/mol. The van der Waals surface area contributed by atoms with Gasteiger partial charge in [-0.25, -0.2) is 0 Å². The van der Waals surface area contributed by atoms with Crippen molar-refractivity contribution < 1.29 is 10.2 Å². The Labute approximate surface area is 171 Å². The largest absolute Gasteiger partial charge is 0.508 e. The van der Waals surface area contributed by atoms with Gasteiger partial charge in [-0.05, 0) is 76.6 Å². The van der Waals surface area contributed by atoms with Crippen LogP contribution in [0.2, 0.25) is 0 Å². The molecule has 2 aromatic carbocycles. The SMILES string of the molecule is CCCC(c1cc(O)c(C)c(C(C)(C)C)c1)c1cc(O)c(C)c(C(C)(C)C)c1.